The maximum absolute atomic E-state index is 8.36. The third kappa shape index (κ3) is 2560. The molecule has 0 aliphatic heterocycles. The first-order valence-corrected chi connectivity index (χ1v) is 1.13. The van der Waals surface area contributed by atoms with E-state index in [1.54, 1.807) is 0 Å². The molecular weight excluding hydrogens is 188 g/mol. The first-order valence-electron chi connectivity index (χ1n) is 1.13. The van der Waals surface area contributed by atoms with Gasteiger partial charge in [0.25, 0.3) is 10.2 Å². The second-order valence-electron chi connectivity index (χ2n) is 0.476. The number of nitrogens with zero attached hydrogens (tertiary/aromatic N) is 2. The smallest absolute Gasteiger partial charge is 0.316 e. The maximum Gasteiger partial charge on any atom is 0.316 e. The molecule has 0 radical (unpaired) electrons. The molecule has 0 heterocycles. The van der Waals surface area contributed by atoms with Crippen LogP contribution in [0.15, 0.2) is 0 Å². The first-order chi connectivity index (χ1) is 3.46. The van der Waals surface area contributed by atoms with Gasteiger partial charge in [-0.3, -0.25) is 0 Å². The molecule has 0 amide bonds. The van der Waals surface area contributed by atoms with E-state index in [-0.39, 0.29) is 60.8 Å². The van der Waals surface area contributed by atoms with E-state index < -0.39 is 10.2 Å². The molecule has 8 nitrogen and oxygen atoms in total. The van der Waals surface area contributed by atoms with Crippen molar-refractivity contribution in [2.75, 3.05) is 0 Å². The van der Waals surface area contributed by atoms with Gasteiger partial charge in [0.15, 0.2) is 0 Å². The zero-order valence-electron chi connectivity index (χ0n) is 3.42. The molecule has 10 heavy (non-hydrogen) atoms. The second kappa shape index (κ2) is 16.2. The minimum absolute atomic E-state index is 0. The van der Waals surface area contributed by atoms with Crippen LogP contribution in [0, 0.1) is 20.2 Å². The molecule has 0 aromatic rings. The predicted octanol–water partition coefficient (Wildman–Crippen LogP) is -2.53. The van der Waals surface area contributed by atoms with Crippen LogP contribution < -0.4 is 0 Å². The van der Waals surface area contributed by atoms with Gasteiger partial charge in [0, 0.05) is 0 Å². The molecule has 0 atom stereocenters. The molecule has 0 saturated carbocycles. The fourth-order valence-electron chi connectivity index (χ4n) is 0. The summed E-state index contributed by atoms with van der Waals surface area (Å²) in [7, 11) is 0. The van der Waals surface area contributed by atoms with Crippen LogP contribution in [-0.4, -0.2) is 81.4 Å². The Balaban J connectivity index is -0.0000000300. The third-order valence-corrected chi connectivity index (χ3v) is 0. The van der Waals surface area contributed by atoms with E-state index in [2.05, 4.69) is 0 Å². The van der Waals surface area contributed by atoms with Crippen LogP contribution in [0.25, 0.3) is 0 Å². The van der Waals surface area contributed by atoms with E-state index in [1.807, 2.05) is 0 Å². The summed E-state index contributed by atoms with van der Waals surface area (Å²) in [4.78, 5) is 16.7. The van der Waals surface area contributed by atoms with Gasteiger partial charge in [0.05, 0.1) is 0 Å². The van der Waals surface area contributed by atoms with Crippen molar-refractivity contribution in [1.29, 1.82) is 0 Å². The van der Waals surface area contributed by atoms with Crippen LogP contribution in [0.4, 0.5) is 0 Å². The summed E-state index contributed by atoms with van der Waals surface area (Å²) in [5, 5.41) is 27.3. The first kappa shape index (κ1) is 22.4. The molecule has 0 aromatic heterocycles. The van der Waals surface area contributed by atoms with Crippen molar-refractivity contribution in [3.05, 3.63) is 20.2 Å². The van der Waals surface area contributed by atoms with Crippen molar-refractivity contribution in [3.63, 3.8) is 0 Å². The topological polar surface area (TPSA) is 127 Å². The Labute approximate surface area is 101 Å². The van der Waals surface area contributed by atoms with Gasteiger partial charge in [-0.25, -0.2) is 0 Å². The third-order valence-electron chi connectivity index (χ3n) is 0. The SMILES string of the molecule is O=[N+]([O-])O.O=[N+]([O-])O.[CaH2].[MgH2]. The summed E-state index contributed by atoms with van der Waals surface area (Å²) < 4.78 is 0. The van der Waals surface area contributed by atoms with Gasteiger partial charge >= 0.3 is 60.8 Å². The van der Waals surface area contributed by atoms with Gasteiger partial charge in [0.2, 0.25) is 0 Å². The largest absolute Gasteiger partial charge is 0.316 e. The van der Waals surface area contributed by atoms with Gasteiger partial charge in [-0.2, -0.15) is 0 Å². The molecule has 0 rings (SSSR count). The Morgan fingerprint density at radius 2 is 1.00 bits per heavy atom. The van der Waals surface area contributed by atoms with Crippen molar-refractivity contribution >= 4 is 60.8 Å². The summed E-state index contributed by atoms with van der Waals surface area (Å²) in [6, 6.07) is 0. The molecule has 0 aliphatic carbocycles. The second-order valence-corrected chi connectivity index (χ2v) is 0.476. The molecule has 10 heteroatoms. The van der Waals surface area contributed by atoms with E-state index in [9.17, 15) is 0 Å². The quantitative estimate of drug-likeness (QED) is 0.249. The molecule has 56 valence electrons. The van der Waals surface area contributed by atoms with Crippen LogP contribution >= 0.6 is 0 Å². The molecule has 0 saturated heterocycles. The zero-order chi connectivity index (χ0) is 7.15. The minimum atomic E-state index is -1.50. The van der Waals surface area contributed by atoms with Crippen LogP contribution in [0.3, 0.4) is 0 Å². The van der Waals surface area contributed by atoms with Crippen LogP contribution in [0.5, 0.6) is 0 Å². The Hall–Kier alpha value is 0.426. The van der Waals surface area contributed by atoms with E-state index in [1.165, 1.54) is 0 Å². The van der Waals surface area contributed by atoms with Crippen molar-refractivity contribution in [3.8, 4) is 0 Å². The Kier molecular flexibility index (Phi) is 36.4. The zero-order valence-corrected chi connectivity index (χ0v) is 3.42. The average Bonchev–Trinajstić information content (AvgIpc) is 1.25. The summed E-state index contributed by atoms with van der Waals surface area (Å²) in [5.74, 6) is 0. The fraction of sp³-hybridized carbons (Fsp3) is 0. The summed E-state index contributed by atoms with van der Waals surface area (Å²) >= 11 is 0. The summed E-state index contributed by atoms with van der Waals surface area (Å²) in [5.41, 5.74) is 0. The van der Waals surface area contributed by atoms with Crippen molar-refractivity contribution in [1.82, 2.24) is 0 Å². The number of hydrogen-bond donors (Lipinski definition) is 2. The van der Waals surface area contributed by atoms with E-state index in [4.69, 9.17) is 30.6 Å². The Morgan fingerprint density at radius 3 is 1.00 bits per heavy atom. The van der Waals surface area contributed by atoms with Gasteiger partial charge in [-0.15, -0.1) is 20.2 Å². The standard InChI is InChI=1S/Ca.Mg.2HNO3.4H/c;;2*2-1(3)4;;;;/h;;2*(H,2,3,4);;;;. The maximum atomic E-state index is 8.36. The molecule has 0 unspecified atom stereocenters. The van der Waals surface area contributed by atoms with Crippen LogP contribution in [0.1, 0.15) is 0 Å². The van der Waals surface area contributed by atoms with E-state index in [0.29, 0.717) is 0 Å². The Morgan fingerprint density at radius 1 is 1.00 bits per heavy atom. The van der Waals surface area contributed by atoms with E-state index in [0.717, 1.165) is 0 Å². The number of rotatable bonds is 0. The van der Waals surface area contributed by atoms with Crippen molar-refractivity contribution < 1.29 is 20.6 Å². The normalized spacial score (nSPS) is 4.80. The number of hydrogen-bond acceptors (Lipinski definition) is 4. The average molecular weight is 194 g/mol. The van der Waals surface area contributed by atoms with E-state index >= 15 is 0 Å². The molecule has 0 aliphatic rings. The predicted molar refractivity (Wildman–Crippen MR) is 34.6 cm³/mol. The van der Waals surface area contributed by atoms with Crippen molar-refractivity contribution in [2.24, 2.45) is 0 Å². The monoisotopic (exact) mass is 194 g/mol. The minimum Gasteiger partial charge on any atom is 0.316 e. The van der Waals surface area contributed by atoms with Gasteiger partial charge in [-0.05, 0) is 0 Å². The molecule has 0 spiro atoms. The van der Waals surface area contributed by atoms with Crippen LogP contribution in [0.2, 0.25) is 0 Å². The Bertz CT molecular complexity index is 73.7. The molecule has 2 N–H and O–H groups in total. The molecule has 0 fully saturated rings. The van der Waals surface area contributed by atoms with Gasteiger partial charge in [-0.1, -0.05) is 0 Å². The van der Waals surface area contributed by atoms with Gasteiger partial charge in [0.1, 0.15) is 0 Å². The summed E-state index contributed by atoms with van der Waals surface area (Å²) in [6.07, 6.45) is 0. The van der Waals surface area contributed by atoms with Crippen molar-refractivity contribution in [2.45, 2.75) is 0 Å². The summed E-state index contributed by atoms with van der Waals surface area (Å²) in [6.45, 7) is 0. The molecule has 0 aromatic carbocycles. The molecular formula is H6CaMgN2O6. The van der Waals surface area contributed by atoms with Gasteiger partial charge < -0.3 is 10.4 Å². The molecule has 0 bridgehead atoms. The fourth-order valence-corrected chi connectivity index (χ4v) is 0. The van der Waals surface area contributed by atoms with Crippen LogP contribution in [-0.2, 0) is 0 Å².